The van der Waals surface area contributed by atoms with Crippen molar-refractivity contribution in [1.29, 1.82) is 0 Å². The molecular weight excluding hydrogens is 286 g/mol. The van der Waals surface area contributed by atoms with E-state index in [-0.39, 0.29) is 0 Å². The van der Waals surface area contributed by atoms with E-state index in [4.69, 9.17) is 0 Å². The molecule has 1 aliphatic heterocycles. The Bertz CT molecular complexity index is 338. The van der Waals surface area contributed by atoms with Crippen LogP contribution >= 0.6 is 0 Å². The summed E-state index contributed by atoms with van der Waals surface area (Å²) in [6, 6.07) is 0. The molecule has 0 amide bonds. The molecule has 1 saturated carbocycles. The predicted octanol–water partition coefficient (Wildman–Crippen LogP) is 1.76. The Hall–Kier alpha value is -0.810. The molecule has 0 aromatic rings. The molecule has 0 spiro atoms. The van der Waals surface area contributed by atoms with Gasteiger partial charge in [-0.15, -0.1) is 0 Å². The van der Waals surface area contributed by atoms with Crippen LogP contribution in [-0.2, 0) is 0 Å². The van der Waals surface area contributed by atoms with Crippen molar-refractivity contribution in [2.75, 3.05) is 59.9 Å². The van der Waals surface area contributed by atoms with Crippen LogP contribution in [0.4, 0.5) is 0 Å². The summed E-state index contributed by atoms with van der Waals surface area (Å²) in [5, 5.41) is 6.92. The molecule has 0 atom stereocenters. The molecule has 0 unspecified atom stereocenters. The quantitative estimate of drug-likeness (QED) is 0.426. The van der Waals surface area contributed by atoms with E-state index < -0.39 is 0 Å². The molecule has 134 valence electrons. The Balaban J connectivity index is 1.52. The number of hydrogen-bond donors (Lipinski definition) is 2. The fraction of sp³-hybridized carbons (Fsp3) is 0.944. The van der Waals surface area contributed by atoms with Crippen LogP contribution in [0.25, 0.3) is 0 Å². The highest BCUT2D eigenvalue weighted by Crippen LogP contribution is 2.28. The summed E-state index contributed by atoms with van der Waals surface area (Å²) < 4.78 is 0. The highest BCUT2D eigenvalue weighted by Gasteiger charge is 2.14. The van der Waals surface area contributed by atoms with E-state index in [0.29, 0.717) is 0 Å². The number of nitrogens with one attached hydrogen (secondary N) is 2. The number of rotatable bonds is 7. The van der Waals surface area contributed by atoms with Crippen molar-refractivity contribution < 1.29 is 0 Å². The van der Waals surface area contributed by atoms with Crippen molar-refractivity contribution in [2.24, 2.45) is 10.9 Å². The van der Waals surface area contributed by atoms with Gasteiger partial charge in [0.2, 0.25) is 0 Å². The van der Waals surface area contributed by atoms with Crippen LogP contribution in [0.15, 0.2) is 4.99 Å². The second kappa shape index (κ2) is 10.9. The highest BCUT2D eigenvalue weighted by molar-refractivity contribution is 5.79. The molecule has 5 nitrogen and oxygen atoms in total. The van der Waals surface area contributed by atoms with Gasteiger partial charge in [-0.25, -0.2) is 0 Å². The van der Waals surface area contributed by atoms with Gasteiger partial charge in [-0.3, -0.25) is 4.99 Å². The summed E-state index contributed by atoms with van der Waals surface area (Å²) >= 11 is 0. The molecule has 2 aliphatic rings. The second-order valence-corrected chi connectivity index (χ2v) is 7.22. The Morgan fingerprint density at radius 2 is 1.78 bits per heavy atom. The van der Waals surface area contributed by atoms with Gasteiger partial charge in [-0.1, -0.05) is 25.7 Å². The Morgan fingerprint density at radius 3 is 2.57 bits per heavy atom. The minimum atomic E-state index is 0.961. The molecule has 2 rings (SSSR count). The van der Waals surface area contributed by atoms with Crippen molar-refractivity contribution in [3.63, 3.8) is 0 Å². The standard InChI is InChI=1S/C18H37N5/c1-19-18(20-10-5-9-17-7-3-4-8-17)21-11-14-23-13-6-12-22(2)15-16-23/h17H,3-16H2,1-2H3,(H2,19,20,21). The van der Waals surface area contributed by atoms with Gasteiger partial charge in [0.05, 0.1) is 0 Å². The van der Waals surface area contributed by atoms with Gasteiger partial charge in [-0.2, -0.15) is 0 Å². The lowest BCUT2D eigenvalue weighted by molar-refractivity contribution is 0.280. The molecule has 2 fully saturated rings. The van der Waals surface area contributed by atoms with Gasteiger partial charge in [0.15, 0.2) is 5.96 Å². The summed E-state index contributed by atoms with van der Waals surface area (Å²) in [5.41, 5.74) is 0. The van der Waals surface area contributed by atoms with Crippen LogP contribution in [0.3, 0.4) is 0 Å². The summed E-state index contributed by atoms with van der Waals surface area (Å²) in [6.45, 7) is 7.96. The van der Waals surface area contributed by atoms with E-state index in [1.54, 1.807) is 0 Å². The molecule has 2 N–H and O–H groups in total. The van der Waals surface area contributed by atoms with Crippen molar-refractivity contribution in [2.45, 2.75) is 44.9 Å². The molecular formula is C18H37N5. The van der Waals surface area contributed by atoms with Crippen LogP contribution in [0.5, 0.6) is 0 Å². The lowest BCUT2D eigenvalue weighted by atomic mass is 10.0. The van der Waals surface area contributed by atoms with Gasteiger partial charge in [-0.05, 0) is 45.3 Å². The van der Waals surface area contributed by atoms with E-state index >= 15 is 0 Å². The van der Waals surface area contributed by atoms with E-state index in [0.717, 1.165) is 31.5 Å². The second-order valence-electron chi connectivity index (χ2n) is 7.22. The maximum Gasteiger partial charge on any atom is 0.191 e. The minimum Gasteiger partial charge on any atom is -0.356 e. The largest absolute Gasteiger partial charge is 0.356 e. The van der Waals surface area contributed by atoms with Crippen LogP contribution in [0.1, 0.15) is 44.9 Å². The maximum atomic E-state index is 4.34. The molecule has 5 heteroatoms. The fourth-order valence-electron chi connectivity index (χ4n) is 3.77. The zero-order chi connectivity index (χ0) is 16.3. The first-order valence-corrected chi connectivity index (χ1v) is 9.63. The number of hydrogen-bond acceptors (Lipinski definition) is 3. The average Bonchev–Trinajstić information content (AvgIpc) is 2.99. The van der Waals surface area contributed by atoms with Crippen LogP contribution in [0, 0.1) is 5.92 Å². The smallest absolute Gasteiger partial charge is 0.191 e. The number of guanidine groups is 1. The molecule has 0 bridgehead atoms. The van der Waals surface area contributed by atoms with E-state index in [9.17, 15) is 0 Å². The Labute approximate surface area is 142 Å². The maximum absolute atomic E-state index is 4.34. The SMILES string of the molecule is CN=C(NCCCC1CCCC1)NCCN1CCCN(C)CC1. The van der Waals surface area contributed by atoms with Gasteiger partial charge >= 0.3 is 0 Å². The average molecular weight is 324 g/mol. The molecule has 0 aromatic carbocycles. The van der Waals surface area contributed by atoms with Crippen LogP contribution < -0.4 is 10.6 Å². The third-order valence-electron chi connectivity index (χ3n) is 5.31. The van der Waals surface area contributed by atoms with Gasteiger partial charge in [0.25, 0.3) is 0 Å². The summed E-state index contributed by atoms with van der Waals surface area (Å²) in [7, 11) is 4.09. The first-order valence-electron chi connectivity index (χ1n) is 9.63. The van der Waals surface area contributed by atoms with Gasteiger partial charge < -0.3 is 20.4 Å². The molecule has 1 heterocycles. The Morgan fingerprint density at radius 1 is 1.00 bits per heavy atom. The first-order chi connectivity index (χ1) is 11.3. The number of nitrogens with zero attached hydrogens (tertiary/aromatic N) is 3. The molecule has 23 heavy (non-hydrogen) atoms. The van der Waals surface area contributed by atoms with E-state index in [2.05, 4.69) is 32.5 Å². The highest BCUT2D eigenvalue weighted by atomic mass is 15.2. The van der Waals surface area contributed by atoms with Crippen LogP contribution in [-0.4, -0.2) is 75.7 Å². The lowest BCUT2D eigenvalue weighted by Gasteiger charge is -2.21. The number of aliphatic imine (C=N–C) groups is 1. The van der Waals surface area contributed by atoms with E-state index in [1.165, 1.54) is 71.1 Å². The first kappa shape index (κ1) is 18.5. The zero-order valence-electron chi connectivity index (χ0n) is 15.3. The third-order valence-corrected chi connectivity index (χ3v) is 5.31. The number of likely N-dealkylation sites (N-methyl/N-ethyl adjacent to an activating group) is 1. The minimum absolute atomic E-state index is 0.961. The molecule has 0 radical (unpaired) electrons. The topological polar surface area (TPSA) is 42.9 Å². The third kappa shape index (κ3) is 7.53. The molecule has 1 saturated heterocycles. The van der Waals surface area contributed by atoms with Crippen molar-refractivity contribution in [3.05, 3.63) is 0 Å². The molecule has 1 aliphatic carbocycles. The summed E-state index contributed by atoms with van der Waals surface area (Å²) in [6.07, 6.45) is 9.75. The fourth-order valence-corrected chi connectivity index (χ4v) is 3.77. The molecule has 0 aromatic heterocycles. The lowest BCUT2D eigenvalue weighted by Crippen LogP contribution is -2.42. The van der Waals surface area contributed by atoms with Crippen molar-refractivity contribution in [1.82, 2.24) is 20.4 Å². The normalized spacial score (nSPS) is 22.3. The van der Waals surface area contributed by atoms with Crippen molar-refractivity contribution in [3.8, 4) is 0 Å². The summed E-state index contributed by atoms with van der Waals surface area (Å²) in [4.78, 5) is 9.33. The zero-order valence-corrected chi connectivity index (χ0v) is 15.3. The van der Waals surface area contributed by atoms with Crippen molar-refractivity contribution >= 4 is 5.96 Å². The monoisotopic (exact) mass is 323 g/mol. The van der Waals surface area contributed by atoms with E-state index in [1.807, 2.05) is 7.05 Å². The Kier molecular flexibility index (Phi) is 8.76. The predicted molar refractivity (Wildman–Crippen MR) is 99.1 cm³/mol. The summed E-state index contributed by atoms with van der Waals surface area (Å²) in [5.74, 6) is 1.95. The van der Waals surface area contributed by atoms with Gasteiger partial charge in [0, 0.05) is 39.8 Å². The van der Waals surface area contributed by atoms with Crippen LogP contribution in [0.2, 0.25) is 0 Å². The van der Waals surface area contributed by atoms with Gasteiger partial charge in [0.1, 0.15) is 0 Å².